The van der Waals surface area contributed by atoms with Crippen molar-refractivity contribution in [1.29, 1.82) is 0 Å². The lowest BCUT2D eigenvalue weighted by atomic mass is 10.3. The molecule has 0 fully saturated rings. The van der Waals surface area contributed by atoms with Gasteiger partial charge in [0.2, 0.25) is 10.0 Å². The molecule has 112 valence electrons. The predicted molar refractivity (Wildman–Crippen MR) is 87.9 cm³/mol. The van der Waals surface area contributed by atoms with Gasteiger partial charge in [-0.1, -0.05) is 12.2 Å². The summed E-state index contributed by atoms with van der Waals surface area (Å²) in [5, 5.41) is 0. The molecule has 2 rings (SSSR count). The van der Waals surface area contributed by atoms with Crippen molar-refractivity contribution in [3.05, 3.63) is 45.9 Å². The third-order valence-corrected chi connectivity index (χ3v) is 5.74. The normalized spacial score (nSPS) is 13.0. The maximum absolute atomic E-state index is 12.3. The van der Waals surface area contributed by atoms with E-state index in [-0.39, 0.29) is 15.9 Å². The van der Waals surface area contributed by atoms with Gasteiger partial charge in [0.25, 0.3) is 0 Å². The molecule has 2 heterocycles. The summed E-state index contributed by atoms with van der Waals surface area (Å²) in [7, 11) is -3.63. The number of pyridine rings is 1. The van der Waals surface area contributed by atoms with Gasteiger partial charge in [-0.05, 0) is 38.1 Å². The summed E-state index contributed by atoms with van der Waals surface area (Å²) in [5.74, 6) is 0. The fraction of sp³-hybridized carbons (Fsp3) is 0.231. The number of nitrogens with zero attached hydrogens (tertiary/aromatic N) is 1. The van der Waals surface area contributed by atoms with E-state index in [9.17, 15) is 8.42 Å². The molecule has 0 saturated heterocycles. The Balaban J connectivity index is 2.19. The second kappa shape index (κ2) is 6.18. The zero-order chi connectivity index (χ0) is 15.6. The fourth-order valence-corrected chi connectivity index (χ4v) is 3.97. The first-order valence-electron chi connectivity index (χ1n) is 6.14. The molecular weight excluding hydrogens is 326 g/mol. The molecule has 0 spiro atoms. The fourth-order valence-electron chi connectivity index (χ4n) is 1.73. The molecular formula is C13H15N3O2S3. The van der Waals surface area contributed by atoms with Gasteiger partial charge in [-0.25, -0.2) is 13.1 Å². The molecule has 0 aliphatic heterocycles. The summed E-state index contributed by atoms with van der Waals surface area (Å²) in [5.41, 5.74) is 5.83. The summed E-state index contributed by atoms with van der Waals surface area (Å²) >= 11 is 6.35. The van der Waals surface area contributed by atoms with E-state index in [4.69, 9.17) is 18.0 Å². The highest BCUT2D eigenvalue weighted by Gasteiger charge is 2.19. The van der Waals surface area contributed by atoms with Gasteiger partial charge in [0.05, 0.1) is 11.7 Å². The molecule has 2 aromatic heterocycles. The van der Waals surface area contributed by atoms with Crippen LogP contribution in [0, 0.1) is 6.92 Å². The summed E-state index contributed by atoms with van der Waals surface area (Å²) in [6.07, 6.45) is 1.25. The standard InChI is InChI=1S/C13H15N3O2S3/c1-8-3-6-12(20-8)9(2)16-21(17,18)10-4-5-11(13(14)19)15-7-10/h3-7,9,16H,1-2H3,(H2,14,19). The third kappa shape index (κ3) is 3.85. The second-order valence-corrected chi connectivity index (χ2v) is 8.01. The number of aromatic nitrogens is 1. The molecule has 8 heteroatoms. The van der Waals surface area contributed by atoms with Crippen LogP contribution in [0.15, 0.2) is 35.4 Å². The lowest BCUT2D eigenvalue weighted by molar-refractivity contribution is 0.568. The Morgan fingerprint density at radius 1 is 1.38 bits per heavy atom. The molecule has 0 radical (unpaired) electrons. The van der Waals surface area contributed by atoms with Gasteiger partial charge < -0.3 is 5.73 Å². The molecule has 2 aromatic rings. The number of nitrogens with one attached hydrogen (secondary N) is 1. The van der Waals surface area contributed by atoms with Crippen LogP contribution in [-0.2, 0) is 10.0 Å². The molecule has 21 heavy (non-hydrogen) atoms. The van der Waals surface area contributed by atoms with Crippen LogP contribution >= 0.6 is 23.6 Å². The third-order valence-electron chi connectivity index (χ3n) is 2.82. The van der Waals surface area contributed by atoms with E-state index in [0.29, 0.717) is 5.69 Å². The van der Waals surface area contributed by atoms with E-state index >= 15 is 0 Å². The van der Waals surface area contributed by atoms with E-state index in [1.165, 1.54) is 18.3 Å². The van der Waals surface area contributed by atoms with E-state index in [1.807, 2.05) is 19.1 Å². The molecule has 0 amide bonds. The maximum atomic E-state index is 12.3. The number of nitrogens with two attached hydrogens (primary N) is 1. The molecule has 0 bridgehead atoms. The van der Waals surface area contributed by atoms with Gasteiger partial charge in [-0.15, -0.1) is 11.3 Å². The van der Waals surface area contributed by atoms with Crippen molar-refractivity contribution in [2.75, 3.05) is 0 Å². The van der Waals surface area contributed by atoms with Gasteiger partial charge in [0.15, 0.2) is 0 Å². The first kappa shape index (κ1) is 16.0. The van der Waals surface area contributed by atoms with Crippen LogP contribution in [0.5, 0.6) is 0 Å². The quantitative estimate of drug-likeness (QED) is 0.814. The van der Waals surface area contributed by atoms with Gasteiger partial charge in [-0.2, -0.15) is 0 Å². The minimum absolute atomic E-state index is 0.0858. The average Bonchev–Trinajstić information content (AvgIpc) is 2.85. The monoisotopic (exact) mass is 341 g/mol. The average molecular weight is 341 g/mol. The summed E-state index contributed by atoms with van der Waals surface area (Å²) in [6.45, 7) is 3.79. The number of thiocarbonyl (C=S) groups is 1. The van der Waals surface area contributed by atoms with Crippen LogP contribution in [-0.4, -0.2) is 18.4 Å². The summed E-state index contributed by atoms with van der Waals surface area (Å²) < 4.78 is 27.2. The lowest BCUT2D eigenvalue weighted by Gasteiger charge is -2.12. The Labute approximate surface area is 133 Å². The Morgan fingerprint density at radius 2 is 2.10 bits per heavy atom. The van der Waals surface area contributed by atoms with E-state index in [2.05, 4.69) is 9.71 Å². The van der Waals surface area contributed by atoms with Crippen LogP contribution in [0.2, 0.25) is 0 Å². The van der Waals surface area contributed by atoms with Crippen molar-refractivity contribution in [3.8, 4) is 0 Å². The Morgan fingerprint density at radius 3 is 2.57 bits per heavy atom. The van der Waals surface area contributed by atoms with Crippen LogP contribution in [0.1, 0.15) is 28.4 Å². The second-order valence-electron chi connectivity index (χ2n) is 4.53. The molecule has 0 saturated carbocycles. The highest BCUT2D eigenvalue weighted by molar-refractivity contribution is 7.89. The number of aryl methyl sites for hydroxylation is 1. The molecule has 1 atom stereocenters. The highest BCUT2D eigenvalue weighted by Crippen LogP contribution is 2.24. The molecule has 0 aliphatic rings. The van der Waals surface area contributed by atoms with Crippen LogP contribution in [0.4, 0.5) is 0 Å². The van der Waals surface area contributed by atoms with Gasteiger partial charge in [0.1, 0.15) is 9.88 Å². The Kier molecular flexibility index (Phi) is 4.72. The predicted octanol–water partition coefficient (Wildman–Crippen LogP) is 2.13. The van der Waals surface area contributed by atoms with Crippen molar-refractivity contribution in [2.24, 2.45) is 5.73 Å². The van der Waals surface area contributed by atoms with Crippen molar-refractivity contribution in [3.63, 3.8) is 0 Å². The van der Waals surface area contributed by atoms with Crippen molar-refractivity contribution >= 4 is 38.6 Å². The summed E-state index contributed by atoms with van der Waals surface area (Å²) in [4.78, 5) is 6.26. The van der Waals surface area contributed by atoms with Crippen molar-refractivity contribution in [2.45, 2.75) is 24.8 Å². The minimum atomic E-state index is -3.63. The Bertz CT molecular complexity index is 751. The number of hydrogen-bond donors (Lipinski definition) is 2. The first-order valence-corrected chi connectivity index (χ1v) is 8.85. The molecule has 5 nitrogen and oxygen atoms in total. The van der Waals surface area contributed by atoms with Crippen molar-refractivity contribution in [1.82, 2.24) is 9.71 Å². The zero-order valence-corrected chi connectivity index (χ0v) is 14.0. The van der Waals surface area contributed by atoms with Gasteiger partial charge in [-0.3, -0.25) is 4.98 Å². The summed E-state index contributed by atoms with van der Waals surface area (Å²) in [6, 6.07) is 6.52. The first-order chi connectivity index (χ1) is 9.79. The van der Waals surface area contributed by atoms with Crippen molar-refractivity contribution < 1.29 is 8.42 Å². The maximum Gasteiger partial charge on any atom is 0.242 e. The van der Waals surface area contributed by atoms with Crippen LogP contribution in [0.3, 0.4) is 0 Å². The molecule has 1 unspecified atom stereocenters. The highest BCUT2D eigenvalue weighted by atomic mass is 32.2. The number of sulfonamides is 1. The zero-order valence-electron chi connectivity index (χ0n) is 11.5. The lowest BCUT2D eigenvalue weighted by Crippen LogP contribution is -2.26. The minimum Gasteiger partial charge on any atom is -0.388 e. The molecule has 0 aliphatic carbocycles. The van der Waals surface area contributed by atoms with E-state index < -0.39 is 10.0 Å². The van der Waals surface area contributed by atoms with Gasteiger partial charge >= 0.3 is 0 Å². The van der Waals surface area contributed by atoms with Gasteiger partial charge in [0, 0.05) is 16.0 Å². The van der Waals surface area contributed by atoms with E-state index in [0.717, 1.165) is 9.75 Å². The number of thiophene rings is 1. The largest absolute Gasteiger partial charge is 0.388 e. The smallest absolute Gasteiger partial charge is 0.242 e. The molecule has 0 aromatic carbocycles. The number of rotatable bonds is 5. The van der Waals surface area contributed by atoms with E-state index in [1.54, 1.807) is 18.3 Å². The Hall–Kier alpha value is -1.35. The van der Waals surface area contributed by atoms with Crippen LogP contribution in [0.25, 0.3) is 0 Å². The SMILES string of the molecule is Cc1ccc(C(C)NS(=O)(=O)c2ccc(C(N)=S)nc2)s1. The van der Waals surface area contributed by atoms with Crippen LogP contribution < -0.4 is 10.5 Å². The topological polar surface area (TPSA) is 85.1 Å². The number of hydrogen-bond acceptors (Lipinski definition) is 5. The molecule has 3 N–H and O–H groups in total.